The minimum Gasteiger partial charge on any atom is -0.224 e. The molecule has 0 fully saturated rings. The summed E-state index contributed by atoms with van der Waals surface area (Å²) in [6.45, 7) is 0. The van der Waals surface area contributed by atoms with Gasteiger partial charge in [0.05, 0.1) is 15.5 Å². The Kier molecular flexibility index (Phi) is 2.60. The molecule has 13 heavy (non-hydrogen) atoms. The van der Waals surface area contributed by atoms with Crippen LogP contribution in [0.2, 0.25) is 5.02 Å². The van der Waals surface area contributed by atoms with Crippen molar-refractivity contribution in [3.05, 3.63) is 28.8 Å². The van der Waals surface area contributed by atoms with Crippen molar-refractivity contribution in [1.82, 2.24) is 0 Å². The number of nitriles is 1. The third-order valence-corrected chi connectivity index (χ3v) is 2.93. The van der Waals surface area contributed by atoms with E-state index in [0.717, 1.165) is 6.26 Å². The molecule has 68 valence electrons. The first-order valence-corrected chi connectivity index (χ1v) is 5.62. The molecule has 0 atom stereocenters. The van der Waals surface area contributed by atoms with Crippen molar-refractivity contribution in [2.75, 3.05) is 6.26 Å². The van der Waals surface area contributed by atoms with Gasteiger partial charge in [0, 0.05) is 6.26 Å². The first kappa shape index (κ1) is 10.0. The molecule has 5 heteroatoms. The average Bonchev–Trinajstić information content (AvgIpc) is 2.03. The highest BCUT2D eigenvalue weighted by molar-refractivity contribution is 7.90. The van der Waals surface area contributed by atoms with Crippen LogP contribution in [0.3, 0.4) is 0 Å². The number of sulfone groups is 1. The minimum absolute atomic E-state index is 0.105. The Hall–Kier alpha value is -1.05. The summed E-state index contributed by atoms with van der Waals surface area (Å²) >= 11 is 5.63. The van der Waals surface area contributed by atoms with E-state index in [1.165, 1.54) is 18.2 Å². The van der Waals surface area contributed by atoms with Crippen molar-refractivity contribution in [1.29, 1.82) is 5.26 Å². The standard InChI is InChI=1S/C8H6ClNO2S/c1-13(11,12)7-2-3-8(9)6(4-7)5-10/h2-4H,1H3. The zero-order valence-electron chi connectivity index (χ0n) is 6.78. The van der Waals surface area contributed by atoms with Gasteiger partial charge in [-0.05, 0) is 18.2 Å². The lowest BCUT2D eigenvalue weighted by atomic mass is 10.2. The molecule has 0 aliphatic carbocycles. The van der Waals surface area contributed by atoms with Crippen molar-refractivity contribution in [2.45, 2.75) is 4.90 Å². The fourth-order valence-corrected chi connectivity index (χ4v) is 1.63. The molecule has 0 aliphatic heterocycles. The van der Waals surface area contributed by atoms with E-state index in [2.05, 4.69) is 0 Å². The van der Waals surface area contributed by atoms with Crippen LogP contribution >= 0.6 is 11.6 Å². The number of benzene rings is 1. The second-order valence-corrected chi connectivity index (χ2v) is 4.95. The van der Waals surface area contributed by atoms with Crippen molar-refractivity contribution in [3.8, 4) is 6.07 Å². The summed E-state index contributed by atoms with van der Waals surface area (Å²) < 4.78 is 22.1. The Morgan fingerprint density at radius 3 is 2.54 bits per heavy atom. The molecule has 0 N–H and O–H groups in total. The van der Waals surface area contributed by atoms with E-state index in [-0.39, 0.29) is 15.5 Å². The zero-order valence-corrected chi connectivity index (χ0v) is 8.35. The van der Waals surface area contributed by atoms with Crippen LogP contribution in [0.1, 0.15) is 5.56 Å². The van der Waals surface area contributed by atoms with Crippen molar-refractivity contribution >= 4 is 21.4 Å². The third kappa shape index (κ3) is 2.20. The van der Waals surface area contributed by atoms with Gasteiger partial charge >= 0.3 is 0 Å². The first-order valence-electron chi connectivity index (χ1n) is 3.35. The molecule has 0 bridgehead atoms. The normalized spacial score (nSPS) is 10.8. The van der Waals surface area contributed by atoms with E-state index in [1.807, 2.05) is 6.07 Å². The molecule has 0 radical (unpaired) electrons. The Balaban J connectivity index is 3.41. The van der Waals surface area contributed by atoms with Gasteiger partial charge in [0.25, 0.3) is 0 Å². The predicted octanol–water partition coefficient (Wildman–Crippen LogP) is 1.62. The van der Waals surface area contributed by atoms with E-state index >= 15 is 0 Å². The van der Waals surface area contributed by atoms with Crippen molar-refractivity contribution in [2.24, 2.45) is 0 Å². The lowest BCUT2D eigenvalue weighted by Crippen LogP contribution is -1.97. The van der Waals surface area contributed by atoms with Gasteiger partial charge in [-0.15, -0.1) is 0 Å². The van der Waals surface area contributed by atoms with E-state index < -0.39 is 9.84 Å². The van der Waals surface area contributed by atoms with E-state index in [4.69, 9.17) is 16.9 Å². The quantitative estimate of drug-likeness (QED) is 0.715. The molecule has 0 saturated heterocycles. The number of hydrogen-bond acceptors (Lipinski definition) is 3. The molecule has 0 spiro atoms. The summed E-state index contributed by atoms with van der Waals surface area (Å²) in [5.41, 5.74) is 0.171. The van der Waals surface area contributed by atoms with E-state index in [9.17, 15) is 8.42 Å². The summed E-state index contributed by atoms with van der Waals surface area (Å²) in [7, 11) is -3.26. The molecule has 0 aromatic heterocycles. The summed E-state index contributed by atoms with van der Waals surface area (Å²) in [5.74, 6) is 0. The lowest BCUT2D eigenvalue weighted by Gasteiger charge is -1.99. The van der Waals surface area contributed by atoms with Gasteiger partial charge in [0.15, 0.2) is 9.84 Å². The fourth-order valence-electron chi connectivity index (χ4n) is 0.821. The molecule has 3 nitrogen and oxygen atoms in total. The Morgan fingerprint density at radius 1 is 1.46 bits per heavy atom. The predicted molar refractivity (Wildman–Crippen MR) is 49.3 cm³/mol. The summed E-state index contributed by atoms with van der Waals surface area (Å²) in [5, 5.41) is 8.84. The van der Waals surface area contributed by atoms with E-state index in [1.54, 1.807) is 0 Å². The smallest absolute Gasteiger partial charge is 0.175 e. The Labute approximate surface area is 81.5 Å². The van der Waals surface area contributed by atoms with Crippen LogP contribution in [-0.2, 0) is 9.84 Å². The Morgan fingerprint density at radius 2 is 2.08 bits per heavy atom. The molecular formula is C8H6ClNO2S. The molecule has 0 aliphatic rings. The highest BCUT2D eigenvalue weighted by atomic mass is 35.5. The number of hydrogen-bond donors (Lipinski definition) is 0. The van der Waals surface area contributed by atoms with Gasteiger partial charge in [-0.1, -0.05) is 11.6 Å². The maximum absolute atomic E-state index is 11.1. The minimum atomic E-state index is -3.26. The topological polar surface area (TPSA) is 57.9 Å². The van der Waals surface area contributed by atoms with Crippen LogP contribution in [0.25, 0.3) is 0 Å². The number of nitrogens with zero attached hydrogens (tertiary/aromatic N) is 1. The monoisotopic (exact) mass is 215 g/mol. The Bertz CT molecular complexity index is 473. The van der Waals surface area contributed by atoms with E-state index in [0.29, 0.717) is 0 Å². The fraction of sp³-hybridized carbons (Fsp3) is 0.125. The van der Waals surface area contributed by atoms with Crippen LogP contribution in [-0.4, -0.2) is 14.7 Å². The molecule has 0 amide bonds. The van der Waals surface area contributed by atoms with Gasteiger partial charge in [0.2, 0.25) is 0 Å². The molecule has 1 aromatic rings. The van der Waals surface area contributed by atoms with Gasteiger partial charge in [0.1, 0.15) is 6.07 Å². The molecule has 1 aromatic carbocycles. The number of rotatable bonds is 1. The molecular weight excluding hydrogens is 210 g/mol. The molecule has 0 heterocycles. The maximum atomic E-state index is 11.1. The van der Waals surface area contributed by atoms with Gasteiger partial charge in [-0.2, -0.15) is 5.26 Å². The van der Waals surface area contributed by atoms with Crippen LogP contribution in [0.4, 0.5) is 0 Å². The maximum Gasteiger partial charge on any atom is 0.175 e. The third-order valence-electron chi connectivity index (χ3n) is 1.49. The van der Waals surface area contributed by atoms with Gasteiger partial charge in [-0.3, -0.25) is 0 Å². The second-order valence-electron chi connectivity index (χ2n) is 2.53. The van der Waals surface area contributed by atoms with Crippen molar-refractivity contribution < 1.29 is 8.42 Å². The number of halogens is 1. The molecule has 0 saturated carbocycles. The van der Waals surface area contributed by atoms with Crippen molar-refractivity contribution in [3.63, 3.8) is 0 Å². The van der Waals surface area contributed by atoms with Crippen LogP contribution in [0, 0.1) is 11.3 Å². The van der Waals surface area contributed by atoms with Crippen LogP contribution < -0.4 is 0 Å². The summed E-state index contributed by atoms with van der Waals surface area (Å²) in [6.07, 6.45) is 1.08. The first-order chi connectivity index (χ1) is 5.95. The summed E-state index contributed by atoms with van der Waals surface area (Å²) in [6, 6.07) is 5.85. The largest absolute Gasteiger partial charge is 0.224 e. The van der Waals surface area contributed by atoms with Gasteiger partial charge in [-0.25, -0.2) is 8.42 Å². The SMILES string of the molecule is CS(=O)(=O)c1ccc(Cl)c(C#N)c1. The highest BCUT2D eigenvalue weighted by Crippen LogP contribution is 2.19. The summed E-state index contributed by atoms with van der Waals surface area (Å²) in [4.78, 5) is 0.105. The lowest BCUT2D eigenvalue weighted by molar-refractivity contribution is 0.602. The highest BCUT2D eigenvalue weighted by Gasteiger charge is 2.09. The zero-order chi connectivity index (χ0) is 10.1. The second kappa shape index (κ2) is 3.36. The average molecular weight is 216 g/mol. The molecule has 0 unspecified atom stereocenters. The van der Waals surface area contributed by atoms with Gasteiger partial charge < -0.3 is 0 Å². The molecule has 1 rings (SSSR count). The van der Waals surface area contributed by atoms with Crippen LogP contribution in [0.5, 0.6) is 0 Å². The van der Waals surface area contributed by atoms with Crippen LogP contribution in [0.15, 0.2) is 23.1 Å².